The number of anilines is 1. The van der Waals surface area contributed by atoms with E-state index in [1.165, 1.54) is 11.8 Å². The number of para-hydroxylation sites is 1. The zero-order valence-electron chi connectivity index (χ0n) is 18.1. The molecule has 2 N–H and O–H groups in total. The maximum absolute atomic E-state index is 12.6. The number of carbonyl (C=O) groups is 2. The molecule has 4 rings (SSSR count). The van der Waals surface area contributed by atoms with E-state index in [4.69, 9.17) is 0 Å². The molecule has 0 aliphatic heterocycles. The topological polar surface area (TPSA) is 88.9 Å². The fraction of sp³-hybridized carbons (Fsp3) is 0.120. The molecule has 0 radical (unpaired) electrons. The van der Waals surface area contributed by atoms with E-state index >= 15 is 0 Å². The second-order valence-corrected chi connectivity index (χ2v) is 8.06. The van der Waals surface area contributed by atoms with Crippen molar-refractivity contribution in [1.29, 1.82) is 0 Å². The molecule has 0 aliphatic carbocycles. The highest BCUT2D eigenvalue weighted by molar-refractivity contribution is 7.99. The van der Waals surface area contributed by atoms with Crippen LogP contribution in [0.4, 0.5) is 5.69 Å². The summed E-state index contributed by atoms with van der Waals surface area (Å²) in [5.41, 5.74) is 2.92. The van der Waals surface area contributed by atoms with E-state index in [0.717, 1.165) is 11.3 Å². The minimum absolute atomic E-state index is 0.144. The van der Waals surface area contributed by atoms with E-state index in [1.807, 2.05) is 72.2 Å². The van der Waals surface area contributed by atoms with Crippen molar-refractivity contribution in [2.24, 2.45) is 0 Å². The van der Waals surface area contributed by atoms with E-state index in [-0.39, 0.29) is 17.6 Å². The summed E-state index contributed by atoms with van der Waals surface area (Å²) in [6.45, 7) is 2.40. The average Bonchev–Trinajstić information content (AvgIpc) is 3.28. The molecule has 0 saturated heterocycles. The fourth-order valence-corrected chi connectivity index (χ4v) is 4.03. The van der Waals surface area contributed by atoms with Gasteiger partial charge in [0.2, 0.25) is 5.91 Å². The summed E-state index contributed by atoms with van der Waals surface area (Å²) in [4.78, 5) is 24.7. The van der Waals surface area contributed by atoms with Crippen molar-refractivity contribution in [3.05, 3.63) is 90.5 Å². The van der Waals surface area contributed by atoms with Crippen molar-refractivity contribution in [2.75, 3.05) is 17.6 Å². The first-order valence-corrected chi connectivity index (χ1v) is 11.5. The van der Waals surface area contributed by atoms with Crippen LogP contribution in [-0.4, -0.2) is 38.9 Å². The smallest absolute Gasteiger partial charge is 0.251 e. The third kappa shape index (κ3) is 5.48. The van der Waals surface area contributed by atoms with Crippen molar-refractivity contribution in [1.82, 2.24) is 20.1 Å². The standard InChI is InChI=1S/C25H23N5O2S/c1-2-26-24(32)19-12-9-13-20(16-19)27-22(31)17-33-25-29-28-23(18-10-5-3-6-11-18)30(25)21-14-7-4-8-15-21/h3-16H,2,17H2,1H3,(H,26,32)(H,27,31). The maximum Gasteiger partial charge on any atom is 0.251 e. The van der Waals surface area contributed by atoms with Crippen LogP contribution in [0.5, 0.6) is 0 Å². The summed E-state index contributed by atoms with van der Waals surface area (Å²) in [7, 11) is 0. The highest BCUT2D eigenvalue weighted by atomic mass is 32.2. The summed E-state index contributed by atoms with van der Waals surface area (Å²) in [6.07, 6.45) is 0. The molecule has 8 heteroatoms. The molecule has 0 fully saturated rings. The Morgan fingerprint density at radius 1 is 0.909 bits per heavy atom. The van der Waals surface area contributed by atoms with E-state index in [1.54, 1.807) is 24.3 Å². The minimum Gasteiger partial charge on any atom is -0.352 e. The lowest BCUT2D eigenvalue weighted by Gasteiger charge is -2.11. The van der Waals surface area contributed by atoms with Crippen LogP contribution in [0.2, 0.25) is 0 Å². The molecule has 3 aromatic carbocycles. The number of amides is 2. The van der Waals surface area contributed by atoms with Crippen molar-refractivity contribution in [3.63, 3.8) is 0 Å². The quantitative estimate of drug-likeness (QED) is 0.383. The number of thioether (sulfide) groups is 1. The molecule has 0 atom stereocenters. The van der Waals surface area contributed by atoms with Crippen molar-refractivity contribution in [3.8, 4) is 17.1 Å². The van der Waals surface area contributed by atoms with Crippen LogP contribution in [0.3, 0.4) is 0 Å². The Hall–Kier alpha value is -3.91. The van der Waals surface area contributed by atoms with Gasteiger partial charge in [-0.05, 0) is 37.3 Å². The molecule has 4 aromatic rings. The number of rotatable bonds is 8. The normalized spacial score (nSPS) is 10.6. The van der Waals surface area contributed by atoms with Gasteiger partial charge in [-0.25, -0.2) is 0 Å². The highest BCUT2D eigenvalue weighted by Gasteiger charge is 2.17. The Morgan fingerprint density at radius 2 is 1.64 bits per heavy atom. The Bertz CT molecular complexity index is 1240. The molecule has 2 amide bonds. The Labute approximate surface area is 196 Å². The molecule has 1 heterocycles. The molecular formula is C25H23N5O2S. The van der Waals surface area contributed by atoms with Gasteiger partial charge in [-0.3, -0.25) is 14.2 Å². The third-order valence-electron chi connectivity index (χ3n) is 4.76. The van der Waals surface area contributed by atoms with Crippen molar-refractivity contribution in [2.45, 2.75) is 12.1 Å². The number of aromatic nitrogens is 3. The first-order chi connectivity index (χ1) is 16.2. The van der Waals surface area contributed by atoms with Crippen LogP contribution >= 0.6 is 11.8 Å². The fourth-order valence-electron chi connectivity index (χ4n) is 3.28. The Balaban J connectivity index is 1.51. The summed E-state index contributed by atoms with van der Waals surface area (Å²) >= 11 is 1.30. The molecule has 166 valence electrons. The monoisotopic (exact) mass is 457 g/mol. The van der Waals surface area contributed by atoms with Gasteiger partial charge in [0.05, 0.1) is 5.75 Å². The van der Waals surface area contributed by atoms with Gasteiger partial charge in [-0.15, -0.1) is 10.2 Å². The van der Waals surface area contributed by atoms with Crippen molar-refractivity contribution < 1.29 is 9.59 Å². The molecule has 1 aromatic heterocycles. The largest absolute Gasteiger partial charge is 0.352 e. The summed E-state index contributed by atoms with van der Waals surface area (Å²) in [5, 5.41) is 15.0. The highest BCUT2D eigenvalue weighted by Crippen LogP contribution is 2.28. The van der Waals surface area contributed by atoms with Crippen LogP contribution in [0.15, 0.2) is 90.1 Å². The first kappa shape index (κ1) is 22.3. The van der Waals surface area contributed by atoms with Gasteiger partial charge in [0.1, 0.15) is 0 Å². The van der Waals surface area contributed by atoms with Gasteiger partial charge >= 0.3 is 0 Å². The summed E-state index contributed by atoms with van der Waals surface area (Å²) < 4.78 is 1.95. The average molecular weight is 458 g/mol. The molecule has 7 nitrogen and oxygen atoms in total. The number of nitrogens with one attached hydrogen (secondary N) is 2. The van der Waals surface area contributed by atoms with Crippen LogP contribution in [-0.2, 0) is 4.79 Å². The summed E-state index contributed by atoms with van der Waals surface area (Å²) in [6, 6.07) is 26.5. The Morgan fingerprint density at radius 3 is 2.36 bits per heavy atom. The summed E-state index contributed by atoms with van der Waals surface area (Å²) in [5.74, 6) is 0.481. The third-order valence-corrected chi connectivity index (χ3v) is 5.69. The number of carbonyl (C=O) groups excluding carboxylic acids is 2. The lowest BCUT2D eigenvalue weighted by Crippen LogP contribution is -2.23. The van der Waals surface area contributed by atoms with Gasteiger partial charge in [-0.1, -0.05) is 66.4 Å². The van der Waals surface area contributed by atoms with Gasteiger partial charge in [0, 0.05) is 29.0 Å². The molecule has 0 aliphatic rings. The van der Waals surface area contributed by atoms with Crippen LogP contribution < -0.4 is 10.6 Å². The second kappa shape index (κ2) is 10.6. The second-order valence-electron chi connectivity index (χ2n) is 7.12. The maximum atomic E-state index is 12.6. The van der Waals surface area contributed by atoms with Crippen molar-refractivity contribution >= 4 is 29.3 Å². The van der Waals surface area contributed by atoms with Gasteiger partial charge in [0.15, 0.2) is 11.0 Å². The number of benzene rings is 3. The molecule has 0 bridgehead atoms. The van der Waals surface area contributed by atoms with Gasteiger partial charge < -0.3 is 10.6 Å². The van der Waals surface area contributed by atoms with Crippen LogP contribution in [0.25, 0.3) is 17.1 Å². The number of hydrogen-bond donors (Lipinski definition) is 2. The molecule has 0 unspecified atom stereocenters. The number of nitrogens with zero attached hydrogens (tertiary/aromatic N) is 3. The van der Waals surface area contributed by atoms with E-state index in [2.05, 4.69) is 20.8 Å². The molecular weight excluding hydrogens is 434 g/mol. The van der Waals surface area contributed by atoms with Crippen LogP contribution in [0, 0.1) is 0 Å². The predicted molar refractivity (Wildman–Crippen MR) is 131 cm³/mol. The van der Waals surface area contributed by atoms with E-state index in [9.17, 15) is 9.59 Å². The van der Waals surface area contributed by atoms with Gasteiger partial charge in [-0.2, -0.15) is 0 Å². The molecule has 0 saturated carbocycles. The zero-order chi connectivity index (χ0) is 23.0. The minimum atomic E-state index is -0.197. The predicted octanol–water partition coefficient (Wildman–Crippen LogP) is 4.41. The number of hydrogen-bond acceptors (Lipinski definition) is 5. The zero-order valence-corrected chi connectivity index (χ0v) is 18.9. The van der Waals surface area contributed by atoms with E-state index in [0.29, 0.717) is 28.8 Å². The molecule has 33 heavy (non-hydrogen) atoms. The first-order valence-electron chi connectivity index (χ1n) is 10.5. The van der Waals surface area contributed by atoms with Gasteiger partial charge in [0.25, 0.3) is 5.91 Å². The molecule has 0 spiro atoms. The van der Waals surface area contributed by atoms with Crippen LogP contribution in [0.1, 0.15) is 17.3 Å². The van der Waals surface area contributed by atoms with E-state index < -0.39 is 0 Å². The SMILES string of the molecule is CCNC(=O)c1cccc(NC(=O)CSc2nnc(-c3ccccc3)n2-c2ccccc2)c1. The lowest BCUT2D eigenvalue weighted by atomic mass is 10.2. The Kier molecular flexibility index (Phi) is 7.16. The lowest BCUT2D eigenvalue weighted by molar-refractivity contribution is -0.113.